The molecule has 0 saturated heterocycles. The van der Waals surface area contributed by atoms with Crippen LogP contribution in [0.15, 0.2) is 91.8 Å². The number of carbonyl (C=O) groups excluding carboxylic acids is 1. The lowest BCUT2D eigenvalue weighted by Crippen LogP contribution is -2.07. The van der Waals surface area contributed by atoms with E-state index in [4.69, 9.17) is 15.2 Å². The lowest BCUT2D eigenvalue weighted by Gasteiger charge is -2.13. The van der Waals surface area contributed by atoms with Gasteiger partial charge < -0.3 is 20.5 Å². The van der Waals surface area contributed by atoms with Crippen molar-refractivity contribution in [3.05, 3.63) is 103 Å². The zero-order chi connectivity index (χ0) is 23.9. The third-order valence-electron chi connectivity index (χ3n) is 4.84. The highest BCUT2D eigenvalue weighted by Gasteiger charge is 2.15. The Hall–Kier alpha value is -4.72. The fourth-order valence-corrected chi connectivity index (χ4v) is 3.17. The van der Waals surface area contributed by atoms with Gasteiger partial charge in [0.25, 0.3) is 0 Å². The summed E-state index contributed by atoms with van der Waals surface area (Å²) in [6.07, 6.45) is 2.49. The standard InChI is InChI=1S/C26H21FN4O3/c1-2-23(32)31-19-7-5-8-21(14-19)34-26-24(25(28)29-16-30-26)17-10-12-20(13-11-17)33-15-18-6-3-4-9-22(18)27/h2-14,16H,1,15H2,(H,31,32)(H2,28,29,30). The van der Waals surface area contributed by atoms with Gasteiger partial charge in [-0.2, -0.15) is 0 Å². The van der Waals surface area contributed by atoms with Crippen LogP contribution in [-0.2, 0) is 11.4 Å². The van der Waals surface area contributed by atoms with E-state index in [1.807, 2.05) is 0 Å². The number of nitrogen functional groups attached to an aromatic ring is 1. The molecule has 0 aliphatic heterocycles. The third-order valence-corrected chi connectivity index (χ3v) is 4.84. The number of rotatable bonds is 8. The predicted molar refractivity (Wildman–Crippen MR) is 128 cm³/mol. The summed E-state index contributed by atoms with van der Waals surface area (Å²) < 4.78 is 25.5. The molecule has 0 fully saturated rings. The summed E-state index contributed by atoms with van der Waals surface area (Å²) in [7, 11) is 0. The topological polar surface area (TPSA) is 99.4 Å². The molecule has 3 N–H and O–H groups in total. The highest BCUT2D eigenvalue weighted by Crippen LogP contribution is 2.36. The van der Waals surface area contributed by atoms with Crippen LogP contribution >= 0.6 is 0 Å². The maximum Gasteiger partial charge on any atom is 0.247 e. The Bertz CT molecular complexity index is 1330. The van der Waals surface area contributed by atoms with Gasteiger partial charge in [0.1, 0.15) is 36.1 Å². The van der Waals surface area contributed by atoms with Crippen molar-refractivity contribution in [3.63, 3.8) is 0 Å². The van der Waals surface area contributed by atoms with Gasteiger partial charge in [0.2, 0.25) is 11.8 Å². The van der Waals surface area contributed by atoms with E-state index >= 15 is 0 Å². The maximum atomic E-state index is 13.8. The van der Waals surface area contributed by atoms with Crippen molar-refractivity contribution in [1.82, 2.24) is 9.97 Å². The molecule has 0 bridgehead atoms. The molecule has 170 valence electrons. The van der Waals surface area contributed by atoms with Crippen LogP contribution in [0.4, 0.5) is 15.9 Å². The summed E-state index contributed by atoms with van der Waals surface area (Å²) in [5.41, 5.74) is 8.36. The Morgan fingerprint density at radius 3 is 2.59 bits per heavy atom. The molecule has 8 heteroatoms. The molecule has 4 aromatic rings. The second kappa shape index (κ2) is 10.3. The highest BCUT2D eigenvalue weighted by atomic mass is 19.1. The molecule has 0 aliphatic carbocycles. The molecule has 4 rings (SSSR count). The summed E-state index contributed by atoms with van der Waals surface area (Å²) in [4.78, 5) is 19.9. The molecule has 1 amide bonds. The average Bonchev–Trinajstić information content (AvgIpc) is 2.84. The number of nitrogens with zero attached hydrogens (tertiary/aromatic N) is 2. The fraction of sp³-hybridized carbons (Fsp3) is 0.0385. The molecule has 0 spiro atoms. The molecular formula is C26H21FN4O3. The van der Waals surface area contributed by atoms with E-state index in [1.165, 1.54) is 18.5 Å². The van der Waals surface area contributed by atoms with E-state index in [0.29, 0.717) is 33.9 Å². The summed E-state index contributed by atoms with van der Waals surface area (Å²) in [5, 5.41) is 2.68. The molecule has 0 atom stereocenters. The van der Waals surface area contributed by atoms with Crippen LogP contribution in [0.2, 0.25) is 0 Å². The number of nitrogens with one attached hydrogen (secondary N) is 1. The van der Waals surface area contributed by atoms with Crippen LogP contribution in [0.1, 0.15) is 5.56 Å². The number of hydrogen-bond donors (Lipinski definition) is 2. The minimum absolute atomic E-state index is 0.107. The average molecular weight is 456 g/mol. The van der Waals surface area contributed by atoms with Crippen LogP contribution < -0.4 is 20.5 Å². The Balaban J connectivity index is 1.54. The van der Waals surface area contributed by atoms with Gasteiger partial charge in [-0.25, -0.2) is 14.4 Å². The highest BCUT2D eigenvalue weighted by molar-refractivity contribution is 5.98. The van der Waals surface area contributed by atoms with E-state index in [1.54, 1.807) is 66.7 Å². The molecular weight excluding hydrogens is 435 g/mol. The number of aromatic nitrogens is 2. The van der Waals surface area contributed by atoms with Gasteiger partial charge in [0.15, 0.2) is 0 Å². The molecule has 0 aliphatic rings. The molecule has 3 aromatic carbocycles. The second-order valence-electron chi connectivity index (χ2n) is 7.17. The van der Waals surface area contributed by atoms with Gasteiger partial charge in [0.05, 0.1) is 5.56 Å². The molecule has 0 unspecified atom stereocenters. The number of carbonyl (C=O) groups is 1. The van der Waals surface area contributed by atoms with Crippen molar-refractivity contribution >= 4 is 17.4 Å². The maximum absolute atomic E-state index is 13.8. The van der Waals surface area contributed by atoms with Crippen molar-refractivity contribution < 1.29 is 18.7 Å². The van der Waals surface area contributed by atoms with Crippen LogP contribution in [-0.4, -0.2) is 15.9 Å². The minimum atomic E-state index is -0.332. The first-order valence-electron chi connectivity index (χ1n) is 10.3. The van der Waals surface area contributed by atoms with E-state index < -0.39 is 0 Å². The zero-order valence-electron chi connectivity index (χ0n) is 18.1. The number of ether oxygens (including phenoxy) is 2. The van der Waals surface area contributed by atoms with Gasteiger partial charge in [-0.1, -0.05) is 43.0 Å². The second-order valence-corrected chi connectivity index (χ2v) is 7.17. The van der Waals surface area contributed by atoms with Gasteiger partial charge in [-0.05, 0) is 42.0 Å². The van der Waals surface area contributed by atoms with E-state index in [9.17, 15) is 9.18 Å². The molecule has 1 aromatic heterocycles. The number of amides is 1. The van der Waals surface area contributed by atoms with Gasteiger partial charge in [-0.15, -0.1) is 0 Å². The quantitative estimate of drug-likeness (QED) is 0.346. The predicted octanol–water partition coefficient (Wildman–Crippen LogP) is 5.36. The van der Waals surface area contributed by atoms with Crippen molar-refractivity contribution in [2.24, 2.45) is 0 Å². The number of hydrogen-bond acceptors (Lipinski definition) is 6. The first kappa shape index (κ1) is 22.5. The Morgan fingerprint density at radius 2 is 1.82 bits per heavy atom. The lowest BCUT2D eigenvalue weighted by molar-refractivity contribution is -0.111. The van der Waals surface area contributed by atoms with Gasteiger partial charge >= 0.3 is 0 Å². The summed E-state index contributed by atoms with van der Waals surface area (Å²) >= 11 is 0. The molecule has 7 nitrogen and oxygen atoms in total. The molecule has 34 heavy (non-hydrogen) atoms. The number of anilines is 2. The van der Waals surface area contributed by atoms with Crippen molar-refractivity contribution in [1.29, 1.82) is 0 Å². The van der Waals surface area contributed by atoms with Crippen molar-refractivity contribution in [2.75, 3.05) is 11.1 Å². The van der Waals surface area contributed by atoms with Crippen molar-refractivity contribution in [2.45, 2.75) is 6.61 Å². The van der Waals surface area contributed by atoms with E-state index in [0.717, 1.165) is 0 Å². The first-order valence-corrected chi connectivity index (χ1v) is 10.3. The van der Waals surface area contributed by atoms with Crippen LogP contribution in [0.5, 0.6) is 17.4 Å². The van der Waals surface area contributed by atoms with Crippen molar-refractivity contribution in [3.8, 4) is 28.5 Å². The molecule has 1 heterocycles. The monoisotopic (exact) mass is 456 g/mol. The normalized spacial score (nSPS) is 10.4. The Morgan fingerprint density at radius 1 is 1.03 bits per heavy atom. The smallest absolute Gasteiger partial charge is 0.247 e. The summed E-state index contributed by atoms with van der Waals surface area (Å²) in [6, 6.07) is 20.4. The zero-order valence-corrected chi connectivity index (χ0v) is 18.1. The number of nitrogens with two attached hydrogens (primary N) is 1. The first-order chi connectivity index (χ1) is 16.5. The van der Waals surface area contributed by atoms with E-state index in [-0.39, 0.29) is 30.0 Å². The van der Waals surface area contributed by atoms with Crippen LogP contribution in [0.3, 0.4) is 0 Å². The summed E-state index contributed by atoms with van der Waals surface area (Å²) in [5.74, 6) is 0.854. The Kier molecular flexibility index (Phi) is 6.78. The largest absolute Gasteiger partial charge is 0.489 e. The minimum Gasteiger partial charge on any atom is -0.489 e. The van der Waals surface area contributed by atoms with Crippen LogP contribution in [0.25, 0.3) is 11.1 Å². The fourth-order valence-electron chi connectivity index (χ4n) is 3.17. The molecule has 0 radical (unpaired) electrons. The van der Waals surface area contributed by atoms with Gasteiger partial charge in [-0.3, -0.25) is 4.79 Å². The molecule has 0 saturated carbocycles. The number of benzene rings is 3. The lowest BCUT2D eigenvalue weighted by atomic mass is 10.1. The Labute approximate surface area is 195 Å². The summed E-state index contributed by atoms with van der Waals surface area (Å²) in [6.45, 7) is 3.55. The van der Waals surface area contributed by atoms with E-state index in [2.05, 4.69) is 21.9 Å². The number of halogens is 1. The van der Waals surface area contributed by atoms with Gasteiger partial charge in [0, 0.05) is 17.3 Å². The van der Waals surface area contributed by atoms with Crippen LogP contribution in [0, 0.1) is 5.82 Å². The SMILES string of the molecule is C=CC(=O)Nc1cccc(Oc2ncnc(N)c2-c2ccc(OCc3ccccc3F)cc2)c1. The third kappa shape index (κ3) is 5.36.